The van der Waals surface area contributed by atoms with E-state index in [0.717, 1.165) is 11.2 Å². The van der Waals surface area contributed by atoms with E-state index in [1.54, 1.807) is 0 Å². The summed E-state index contributed by atoms with van der Waals surface area (Å²) in [6.07, 6.45) is 0.751. The molecule has 0 aromatic carbocycles. The zero-order valence-electron chi connectivity index (χ0n) is 8.97. The molecule has 1 aliphatic carbocycles. The fraction of sp³-hybridized carbons (Fsp3) is 0.800. The van der Waals surface area contributed by atoms with Crippen LogP contribution in [0.1, 0.15) is 34.1 Å². The van der Waals surface area contributed by atoms with Crippen LogP contribution in [0.15, 0.2) is 0 Å². The molecule has 1 fully saturated rings. The Morgan fingerprint density at radius 1 is 1.23 bits per heavy atom. The van der Waals surface area contributed by atoms with E-state index in [2.05, 4.69) is 0 Å². The molecule has 0 aliphatic heterocycles. The maximum atomic E-state index is 11.8. The van der Waals surface area contributed by atoms with E-state index in [-0.39, 0.29) is 16.6 Å². The molecule has 0 atom stereocenters. The van der Waals surface area contributed by atoms with Crippen LogP contribution in [0.2, 0.25) is 0 Å². The molecule has 0 heterocycles. The Balaban J connectivity index is 3.26. The Hall–Kier alpha value is -0.860. The molecular formula is C10H17NO2. The molecular weight excluding hydrogens is 166 g/mol. The first-order valence-electron chi connectivity index (χ1n) is 4.51. The molecule has 0 N–H and O–H groups in total. The summed E-state index contributed by atoms with van der Waals surface area (Å²) >= 11 is 0. The van der Waals surface area contributed by atoms with Gasteiger partial charge < -0.3 is 5.21 Å². The number of hydrogen-bond acceptors (Lipinski definition) is 2. The van der Waals surface area contributed by atoms with Gasteiger partial charge in [0.1, 0.15) is 7.05 Å². The molecule has 1 aliphatic rings. The molecule has 0 amide bonds. The molecule has 74 valence electrons. The van der Waals surface area contributed by atoms with E-state index in [9.17, 15) is 10.0 Å². The van der Waals surface area contributed by atoms with Gasteiger partial charge in [-0.15, -0.1) is 0 Å². The van der Waals surface area contributed by atoms with Crippen LogP contribution < -0.4 is 0 Å². The molecule has 1 rings (SSSR count). The van der Waals surface area contributed by atoms with Gasteiger partial charge >= 0.3 is 0 Å². The van der Waals surface area contributed by atoms with Crippen LogP contribution in [0.3, 0.4) is 0 Å². The van der Waals surface area contributed by atoms with Gasteiger partial charge in [0.15, 0.2) is 0 Å². The zero-order chi connectivity index (χ0) is 10.4. The molecule has 13 heavy (non-hydrogen) atoms. The second-order valence-corrected chi connectivity index (χ2v) is 5.12. The maximum Gasteiger partial charge on any atom is 0.236 e. The number of rotatable bonds is 0. The Morgan fingerprint density at radius 3 is 1.85 bits per heavy atom. The Labute approximate surface area is 79.0 Å². The number of hydroxylamine groups is 1. The van der Waals surface area contributed by atoms with E-state index in [1.807, 2.05) is 27.7 Å². The minimum absolute atomic E-state index is 0.00463. The highest BCUT2D eigenvalue weighted by Crippen LogP contribution is 2.43. The van der Waals surface area contributed by atoms with Crippen LogP contribution in [0, 0.1) is 16.0 Å². The van der Waals surface area contributed by atoms with E-state index in [4.69, 9.17) is 0 Å². The Kier molecular flexibility index (Phi) is 2.02. The van der Waals surface area contributed by atoms with Crippen molar-refractivity contribution in [3.63, 3.8) is 0 Å². The fourth-order valence-electron chi connectivity index (χ4n) is 2.47. The molecule has 1 saturated carbocycles. The maximum absolute atomic E-state index is 11.8. The van der Waals surface area contributed by atoms with Crippen molar-refractivity contribution in [3.8, 4) is 0 Å². The van der Waals surface area contributed by atoms with Crippen molar-refractivity contribution in [1.82, 2.24) is 0 Å². The first kappa shape index (κ1) is 10.2. The summed E-state index contributed by atoms with van der Waals surface area (Å²) in [5.41, 5.74) is -0.244. The SMILES string of the molecule is C/[N+]([O-])=C1\C(=O)C(C)(C)CC1(C)C. The van der Waals surface area contributed by atoms with Gasteiger partial charge in [0.05, 0.1) is 5.41 Å². The van der Waals surface area contributed by atoms with Crippen molar-refractivity contribution >= 4 is 11.5 Å². The van der Waals surface area contributed by atoms with Gasteiger partial charge in [-0.25, -0.2) is 4.74 Å². The minimum atomic E-state index is -0.377. The lowest BCUT2D eigenvalue weighted by Crippen LogP contribution is -2.31. The molecule has 0 radical (unpaired) electrons. The summed E-state index contributed by atoms with van der Waals surface area (Å²) in [5.74, 6) is -0.00463. The zero-order valence-corrected chi connectivity index (χ0v) is 8.97. The highest BCUT2D eigenvalue weighted by atomic mass is 16.5. The van der Waals surface area contributed by atoms with Crippen LogP contribution in [-0.2, 0) is 4.79 Å². The summed E-state index contributed by atoms with van der Waals surface area (Å²) in [6.45, 7) is 7.69. The average molecular weight is 183 g/mol. The van der Waals surface area contributed by atoms with Crippen molar-refractivity contribution in [2.45, 2.75) is 34.1 Å². The summed E-state index contributed by atoms with van der Waals surface area (Å²) in [6, 6.07) is 0. The number of ketones is 1. The van der Waals surface area contributed by atoms with E-state index in [1.165, 1.54) is 7.05 Å². The van der Waals surface area contributed by atoms with Crippen LogP contribution in [-0.4, -0.2) is 23.3 Å². The smallest absolute Gasteiger partial charge is 0.236 e. The van der Waals surface area contributed by atoms with E-state index >= 15 is 0 Å². The lowest BCUT2D eigenvalue weighted by atomic mass is 9.84. The molecule has 0 spiro atoms. The monoisotopic (exact) mass is 183 g/mol. The van der Waals surface area contributed by atoms with Crippen molar-refractivity contribution < 1.29 is 9.53 Å². The van der Waals surface area contributed by atoms with Crippen molar-refractivity contribution in [2.24, 2.45) is 10.8 Å². The van der Waals surface area contributed by atoms with Crippen molar-refractivity contribution in [2.75, 3.05) is 7.05 Å². The van der Waals surface area contributed by atoms with Crippen molar-refractivity contribution in [3.05, 3.63) is 5.21 Å². The predicted octanol–water partition coefficient (Wildman–Crippen LogP) is 1.59. The number of hydrogen-bond donors (Lipinski definition) is 0. The number of Topliss-reactive ketones (excluding diaryl/α,β-unsaturated/α-hetero) is 1. The molecule has 0 aromatic rings. The molecule has 0 aromatic heterocycles. The standard InChI is InChI=1S/C10H17NO2/c1-9(2)6-10(3,4)8(12)7(9)11(5)13/h6H2,1-5H3/b11-7-. The van der Waals surface area contributed by atoms with Crippen LogP contribution in [0.4, 0.5) is 0 Å². The van der Waals surface area contributed by atoms with Crippen LogP contribution >= 0.6 is 0 Å². The summed E-state index contributed by atoms with van der Waals surface area (Å²) in [5, 5.41) is 11.2. The van der Waals surface area contributed by atoms with Gasteiger partial charge in [-0.05, 0) is 20.3 Å². The number of carbonyl (C=O) groups excluding carboxylic acids is 1. The second-order valence-electron chi connectivity index (χ2n) is 5.12. The predicted molar refractivity (Wildman–Crippen MR) is 51.7 cm³/mol. The Bertz CT molecular complexity index is 283. The van der Waals surface area contributed by atoms with Gasteiger partial charge in [-0.3, -0.25) is 4.79 Å². The third-order valence-corrected chi connectivity index (χ3v) is 2.67. The number of nitrogens with zero attached hydrogens (tertiary/aromatic N) is 1. The van der Waals surface area contributed by atoms with Gasteiger partial charge in [-0.1, -0.05) is 13.8 Å². The highest BCUT2D eigenvalue weighted by molar-refractivity contribution is 6.43. The van der Waals surface area contributed by atoms with Crippen LogP contribution in [0.25, 0.3) is 0 Å². The quantitative estimate of drug-likeness (QED) is 0.325. The first-order chi connectivity index (χ1) is 5.68. The highest BCUT2D eigenvalue weighted by Gasteiger charge is 2.53. The second kappa shape index (κ2) is 2.56. The third-order valence-electron chi connectivity index (χ3n) is 2.67. The number of carbonyl (C=O) groups is 1. The minimum Gasteiger partial charge on any atom is -0.624 e. The molecule has 0 unspecified atom stereocenters. The summed E-state index contributed by atoms with van der Waals surface area (Å²) < 4.78 is 0.719. The van der Waals surface area contributed by atoms with Gasteiger partial charge in [-0.2, -0.15) is 0 Å². The molecule has 3 nitrogen and oxygen atoms in total. The van der Waals surface area contributed by atoms with Gasteiger partial charge in [0, 0.05) is 5.41 Å². The normalized spacial score (nSPS) is 29.2. The molecule has 0 bridgehead atoms. The van der Waals surface area contributed by atoms with Gasteiger partial charge in [0.25, 0.3) is 0 Å². The third kappa shape index (κ3) is 1.47. The average Bonchev–Trinajstić information content (AvgIpc) is 1.96. The fourth-order valence-corrected chi connectivity index (χ4v) is 2.47. The molecule has 3 heteroatoms. The van der Waals surface area contributed by atoms with Crippen LogP contribution in [0.5, 0.6) is 0 Å². The lowest BCUT2D eigenvalue weighted by molar-refractivity contribution is -0.425. The summed E-state index contributed by atoms with van der Waals surface area (Å²) in [4.78, 5) is 11.8. The Morgan fingerprint density at radius 2 is 1.69 bits per heavy atom. The van der Waals surface area contributed by atoms with E-state index in [0.29, 0.717) is 5.71 Å². The first-order valence-corrected chi connectivity index (χ1v) is 4.51. The summed E-state index contributed by atoms with van der Waals surface area (Å²) in [7, 11) is 1.40. The van der Waals surface area contributed by atoms with Gasteiger partial charge in [0.2, 0.25) is 11.5 Å². The largest absolute Gasteiger partial charge is 0.624 e. The topological polar surface area (TPSA) is 43.1 Å². The van der Waals surface area contributed by atoms with E-state index < -0.39 is 0 Å². The molecule has 0 saturated heterocycles. The van der Waals surface area contributed by atoms with Crippen molar-refractivity contribution in [1.29, 1.82) is 0 Å². The lowest BCUT2D eigenvalue weighted by Gasteiger charge is -2.17.